The molecular weight excluding hydrogens is 447 g/mol. The highest BCUT2D eigenvalue weighted by Crippen LogP contribution is 2.36. The van der Waals surface area contributed by atoms with Gasteiger partial charge in [-0.25, -0.2) is 14.4 Å². The largest absolute Gasteiger partial charge is 0.374 e. The molecule has 0 radical (unpaired) electrons. The molecule has 3 aromatic heterocycles. The number of pyridine rings is 3. The van der Waals surface area contributed by atoms with Crippen LogP contribution in [0.25, 0.3) is 44.5 Å². The molecule has 0 spiro atoms. The number of likely N-dealkylation sites (N-methyl/N-ethyl adjacent to an activating group) is 1. The summed E-state index contributed by atoms with van der Waals surface area (Å²) < 4.78 is 14.7. The van der Waals surface area contributed by atoms with Crippen molar-refractivity contribution in [1.29, 1.82) is 0 Å². The summed E-state index contributed by atoms with van der Waals surface area (Å²) in [5, 5.41) is 1.33. The van der Waals surface area contributed by atoms with E-state index >= 15 is 0 Å². The van der Waals surface area contributed by atoms with Crippen molar-refractivity contribution in [2.45, 2.75) is 6.42 Å². The normalized spacial score (nSPS) is 12.9. The van der Waals surface area contributed by atoms with Crippen molar-refractivity contribution in [1.82, 2.24) is 15.0 Å². The van der Waals surface area contributed by atoms with Crippen LogP contribution in [-0.4, -0.2) is 28.5 Å². The Balaban J connectivity index is 1.51. The van der Waals surface area contributed by atoms with Crippen molar-refractivity contribution >= 4 is 28.3 Å². The first-order chi connectivity index (χ1) is 16.6. The smallest absolute Gasteiger partial charge is 0.160 e. The summed E-state index contributed by atoms with van der Waals surface area (Å²) >= 11 is 6.16. The molecule has 0 amide bonds. The van der Waals surface area contributed by atoms with Gasteiger partial charge in [0.25, 0.3) is 0 Å². The highest BCUT2D eigenvalue weighted by atomic mass is 35.5. The fourth-order valence-corrected chi connectivity index (χ4v) is 4.79. The van der Waals surface area contributed by atoms with Crippen LogP contribution >= 0.6 is 11.6 Å². The maximum absolute atomic E-state index is 14.7. The standard InChI is InChI=1S/C28H20ClFN4/c1-34-10-8-18-11-17(4-7-27(18)34)19-12-20(16-31-15-19)23-14-26(24-13-21(29)5-6-25(24)30)33-28-22(23)3-2-9-32-28/h2-7,9,11-16H,8,10H2,1H3. The second kappa shape index (κ2) is 8.19. The number of aromatic nitrogens is 3. The third-order valence-corrected chi connectivity index (χ3v) is 6.61. The minimum absolute atomic E-state index is 0.341. The molecule has 0 fully saturated rings. The molecule has 5 aromatic rings. The molecule has 0 bridgehead atoms. The summed E-state index contributed by atoms with van der Waals surface area (Å²) in [6.07, 6.45) is 6.43. The van der Waals surface area contributed by atoms with E-state index in [0.717, 1.165) is 40.6 Å². The molecule has 6 heteroatoms. The highest BCUT2D eigenvalue weighted by Gasteiger charge is 2.17. The number of hydrogen-bond donors (Lipinski definition) is 0. The Kier molecular flexibility index (Phi) is 5.00. The van der Waals surface area contributed by atoms with Gasteiger partial charge in [0.2, 0.25) is 0 Å². The summed E-state index contributed by atoms with van der Waals surface area (Å²) in [6, 6.07) is 18.9. The van der Waals surface area contributed by atoms with Crippen LogP contribution in [0.3, 0.4) is 0 Å². The predicted molar refractivity (Wildman–Crippen MR) is 136 cm³/mol. The molecule has 0 unspecified atom stereocenters. The van der Waals surface area contributed by atoms with Crippen LogP contribution in [0.15, 0.2) is 79.3 Å². The van der Waals surface area contributed by atoms with Gasteiger partial charge in [0.05, 0.1) is 5.69 Å². The third-order valence-electron chi connectivity index (χ3n) is 6.38. The van der Waals surface area contributed by atoms with Gasteiger partial charge < -0.3 is 4.90 Å². The molecule has 1 aliphatic rings. The van der Waals surface area contributed by atoms with E-state index in [9.17, 15) is 4.39 Å². The van der Waals surface area contributed by atoms with Crippen LogP contribution in [0.1, 0.15) is 5.56 Å². The molecule has 0 saturated heterocycles. The molecular formula is C28H20ClFN4. The minimum atomic E-state index is -0.381. The van der Waals surface area contributed by atoms with E-state index in [-0.39, 0.29) is 5.82 Å². The van der Waals surface area contributed by atoms with Gasteiger partial charge in [-0.05, 0) is 77.7 Å². The molecule has 0 N–H and O–H groups in total. The zero-order chi connectivity index (χ0) is 23.2. The zero-order valence-electron chi connectivity index (χ0n) is 18.5. The van der Waals surface area contributed by atoms with Crippen LogP contribution in [0, 0.1) is 5.82 Å². The van der Waals surface area contributed by atoms with E-state index in [4.69, 9.17) is 11.6 Å². The number of nitrogens with zero attached hydrogens (tertiary/aromatic N) is 4. The minimum Gasteiger partial charge on any atom is -0.374 e. The van der Waals surface area contributed by atoms with Crippen molar-refractivity contribution < 1.29 is 4.39 Å². The Morgan fingerprint density at radius 1 is 0.912 bits per heavy atom. The van der Waals surface area contributed by atoms with Crippen LogP contribution in [-0.2, 0) is 6.42 Å². The van der Waals surface area contributed by atoms with E-state index in [1.165, 1.54) is 23.4 Å². The van der Waals surface area contributed by atoms with Crippen molar-refractivity contribution in [3.8, 4) is 33.5 Å². The Morgan fingerprint density at radius 3 is 2.71 bits per heavy atom. The Hall–Kier alpha value is -3.83. The molecule has 4 nitrogen and oxygen atoms in total. The van der Waals surface area contributed by atoms with Crippen molar-refractivity contribution in [2.24, 2.45) is 0 Å². The lowest BCUT2D eigenvalue weighted by Gasteiger charge is -2.13. The first kappa shape index (κ1) is 20.8. The number of hydrogen-bond acceptors (Lipinski definition) is 4. The van der Waals surface area contributed by atoms with E-state index in [1.54, 1.807) is 12.3 Å². The predicted octanol–water partition coefficient (Wildman–Crippen LogP) is 6.81. The number of benzene rings is 2. The molecule has 166 valence electrons. The summed E-state index contributed by atoms with van der Waals surface area (Å²) in [5.74, 6) is -0.381. The van der Waals surface area contributed by atoms with Crippen LogP contribution in [0.5, 0.6) is 0 Å². The molecule has 2 aromatic carbocycles. The quantitative estimate of drug-likeness (QED) is 0.293. The summed E-state index contributed by atoms with van der Waals surface area (Å²) in [5.41, 5.74) is 7.96. The Bertz CT molecular complexity index is 1570. The van der Waals surface area contributed by atoms with Gasteiger partial charge in [0.1, 0.15) is 5.82 Å². The number of fused-ring (bicyclic) bond motifs is 2. The molecule has 34 heavy (non-hydrogen) atoms. The third kappa shape index (κ3) is 3.58. The lowest BCUT2D eigenvalue weighted by atomic mass is 9.97. The molecule has 0 saturated carbocycles. The van der Waals surface area contributed by atoms with Crippen LogP contribution in [0.4, 0.5) is 10.1 Å². The number of halogens is 2. The second-order valence-corrected chi connectivity index (χ2v) is 8.97. The maximum Gasteiger partial charge on any atom is 0.160 e. The first-order valence-electron chi connectivity index (χ1n) is 11.1. The van der Waals surface area contributed by atoms with Gasteiger partial charge in [0, 0.05) is 65.0 Å². The maximum atomic E-state index is 14.7. The molecule has 6 rings (SSSR count). The fourth-order valence-electron chi connectivity index (χ4n) is 4.62. The summed E-state index contributed by atoms with van der Waals surface area (Å²) in [6.45, 7) is 1.04. The van der Waals surface area contributed by atoms with E-state index < -0.39 is 0 Å². The first-order valence-corrected chi connectivity index (χ1v) is 11.5. The lowest BCUT2D eigenvalue weighted by molar-refractivity contribution is 0.631. The monoisotopic (exact) mass is 466 g/mol. The van der Waals surface area contributed by atoms with Crippen LogP contribution < -0.4 is 4.90 Å². The number of rotatable bonds is 3. The van der Waals surface area contributed by atoms with Crippen molar-refractivity contribution in [3.63, 3.8) is 0 Å². The van der Waals surface area contributed by atoms with Gasteiger partial charge >= 0.3 is 0 Å². The highest BCUT2D eigenvalue weighted by molar-refractivity contribution is 6.30. The average Bonchev–Trinajstić information content (AvgIpc) is 3.25. The van der Waals surface area contributed by atoms with Gasteiger partial charge in [-0.2, -0.15) is 0 Å². The van der Waals surface area contributed by atoms with Crippen molar-refractivity contribution in [2.75, 3.05) is 18.5 Å². The van der Waals surface area contributed by atoms with Gasteiger partial charge in [-0.1, -0.05) is 17.7 Å². The second-order valence-electron chi connectivity index (χ2n) is 8.53. The number of anilines is 1. The zero-order valence-corrected chi connectivity index (χ0v) is 19.2. The molecule has 0 atom stereocenters. The van der Waals surface area contributed by atoms with Gasteiger partial charge in [0.15, 0.2) is 5.65 Å². The van der Waals surface area contributed by atoms with Gasteiger partial charge in [-0.15, -0.1) is 0 Å². The summed E-state index contributed by atoms with van der Waals surface area (Å²) in [7, 11) is 2.12. The average molecular weight is 467 g/mol. The Morgan fingerprint density at radius 2 is 1.79 bits per heavy atom. The Labute approximate surface area is 201 Å². The SMILES string of the molecule is CN1CCc2cc(-c3cncc(-c4cc(-c5cc(Cl)ccc5F)nc5ncccc45)c3)ccc21. The summed E-state index contributed by atoms with van der Waals surface area (Å²) in [4.78, 5) is 15.9. The molecule has 0 aliphatic carbocycles. The molecule has 4 heterocycles. The van der Waals surface area contributed by atoms with Gasteiger partial charge in [-0.3, -0.25) is 4.98 Å². The van der Waals surface area contributed by atoms with E-state index in [2.05, 4.69) is 51.2 Å². The van der Waals surface area contributed by atoms with E-state index in [1.807, 2.05) is 30.6 Å². The van der Waals surface area contributed by atoms with Crippen LogP contribution in [0.2, 0.25) is 5.02 Å². The van der Waals surface area contributed by atoms with E-state index in [0.29, 0.717) is 21.9 Å². The topological polar surface area (TPSA) is 41.9 Å². The van der Waals surface area contributed by atoms with Crippen molar-refractivity contribution in [3.05, 3.63) is 95.7 Å². The molecule has 1 aliphatic heterocycles. The fraction of sp³-hybridized carbons (Fsp3) is 0.107. The lowest BCUT2D eigenvalue weighted by Crippen LogP contribution is -2.12.